The molecule has 9 heteroatoms. The van der Waals surface area contributed by atoms with Gasteiger partial charge in [0.15, 0.2) is 0 Å². The molecule has 0 saturated heterocycles. The van der Waals surface area contributed by atoms with Crippen molar-refractivity contribution in [2.45, 2.75) is 13.0 Å². The number of hydrogen-bond acceptors (Lipinski definition) is 5. The number of urea groups is 1. The van der Waals surface area contributed by atoms with Crippen molar-refractivity contribution in [3.05, 3.63) is 75.6 Å². The van der Waals surface area contributed by atoms with Crippen LogP contribution in [0.3, 0.4) is 0 Å². The van der Waals surface area contributed by atoms with Crippen molar-refractivity contribution in [1.29, 1.82) is 0 Å². The first-order valence-electron chi connectivity index (χ1n) is 7.70. The third-order valence-electron chi connectivity index (χ3n) is 3.83. The third-order valence-corrected chi connectivity index (χ3v) is 3.83. The Morgan fingerprint density at radius 3 is 2.77 bits per heavy atom. The fraction of sp³-hybridized carbons (Fsp3) is 0.118. The molecule has 1 aliphatic heterocycles. The van der Waals surface area contributed by atoms with Crippen molar-refractivity contribution < 1.29 is 14.5 Å². The maximum atomic E-state index is 12.8. The SMILES string of the molecule is CC1=C(C(=O)Nc2ccccn2)C(c2cccc([N+](=O)[O-])c2)NC(=O)N1. The number of carbonyl (C=O) groups excluding carboxylic acids is 2. The van der Waals surface area contributed by atoms with E-state index in [1.807, 2.05) is 0 Å². The van der Waals surface area contributed by atoms with E-state index in [9.17, 15) is 19.7 Å². The number of nitrogens with one attached hydrogen (secondary N) is 3. The van der Waals surface area contributed by atoms with Gasteiger partial charge in [0, 0.05) is 24.0 Å². The summed E-state index contributed by atoms with van der Waals surface area (Å²) < 4.78 is 0. The minimum Gasteiger partial charge on any atom is -0.327 e. The average molecular weight is 353 g/mol. The number of carbonyl (C=O) groups is 2. The Hall–Kier alpha value is -3.75. The Kier molecular flexibility index (Phi) is 4.61. The van der Waals surface area contributed by atoms with Crippen LogP contribution < -0.4 is 16.0 Å². The molecule has 0 bridgehead atoms. The van der Waals surface area contributed by atoms with Crippen LogP contribution in [0.1, 0.15) is 18.5 Å². The molecule has 2 aromatic rings. The fourth-order valence-electron chi connectivity index (χ4n) is 2.68. The number of amides is 3. The first-order valence-corrected chi connectivity index (χ1v) is 7.70. The number of allylic oxidation sites excluding steroid dienone is 1. The van der Waals surface area contributed by atoms with Gasteiger partial charge in [-0.3, -0.25) is 14.9 Å². The molecular weight excluding hydrogens is 338 g/mol. The number of anilines is 1. The molecule has 132 valence electrons. The number of nitro benzene ring substituents is 1. The lowest BCUT2D eigenvalue weighted by molar-refractivity contribution is -0.384. The molecule has 1 aromatic carbocycles. The molecule has 0 saturated carbocycles. The molecular formula is C17H15N5O4. The van der Waals surface area contributed by atoms with E-state index in [4.69, 9.17) is 0 Å². The molecule has 0 radical (unpaired) electrons. The number of aromatic nitrogens is 1. The molecule has 3 N–H and O–H groups in total. The molecule has 0 spiro atoms. The van der Waals surface area contributed by atoms with E-state index in [1.54, 1.807) is 31.2 Å². The third kappa shape index (κ3) is 3.51. The van der Waals surface area contributed by atoms with E-state index in [0.29, 0.717) is 17.1 Å². The first-order chi connectivity index (χ1) is 12.5. The molecule has 1 unspecified atom stereocenters. The van der Waals surface area contributed by atoms with Gasteiger partial charge in [-0.15, -0.1) is 0 Å². The molecule has 1 aromatic heterocycles. The second-order valence-electron chi connectivity index (χ2n) is 5.59. The van der Waals surface area contributed by atoms with Crippen molar-refractivity contribution >= 4 is 23.4 Å². The molecule has 1 atom stereocenters. The van der Waals surface area contributed by atoms with Crippen LogP contribution in [0.2, 0.25) is 0 Å². The zero-order valence-electron chi connectivity index (χ0n) is 13.7. The van der Waals surface area contributed by atoms with E-state index in [-0.39, 0.29) is 11.3 Å². The van der Waals surface area contributed by atoms with Gasteiger partial charge < -0.3 is 16.0 Å². The zero-order chi connectivity index (χ0) is 18.7. The lowest BCUT2D eigenvalue weighted by Crippen LogP contribution is -2.46. The zero-order valence-corrected chi connectivity index (χ0v) is 13.7. The van der Waals surface area contributed by atoms with Gasteiger partial charge in [0.2, 0.25) is 0 Å². The molecule has 26 heavy (non-hydrogen) atoms. The number of nitro groups is 1. The van der Waals surface area contributed by atoms with Crippen LogP contribution >= 0.6 is 0 Å². The van der Waals surface area contributed by atoms with Gasteiger partial charge in [-0.05, 0) is 24.6 Å². The monoisotopic (exact) mass is 353 g/mol. The number of non-ortho nitro benzene ring substituents is 1. The summed E-state index contributed by atoms with van der Waals surface area (Å²) in [6, 6.07) is 9.55. The Bertz CT molecular complexity index is 910. The van der Waals surface area contributed by atoms with Gasteiger partial charge in [-0.25, -0.2) is 9.78 Å². The van der Waals surface area contributed by atoms with Crippen LogP contribution in [-0.2, 0) is 4.79 Å². The Morgan fingerprint density at radius 2 is 2.08 bits per heavy atom. The van der Waals surface area contributed by atoms with Crippen molar-refractivity contribution in [2.24, 2.45) is 0 Å². The maximum absolute atomic E-state index is 12.8. The van der Waals surface area contributed by atoms with E-state index in [0.717, 1.165) is 0 Å². The molecule has 0 aliphatic carbocycles. The minimum atomic E-state index is -0.827. The molecule has 0 fully saturated rings. The first kappa shape index (κ1) is 17.1. The highest BCUT2D eigenvalue weighted by molar-refractivity contribution is 6.06. The standard InChI is InChI=1S/C17H15N5O4/c1-10-14(16(23)20-13-7-2-3-8-18-13)15(21-17(24)19-10)11-5-4-6-12(9-11)22(25)26/h2-9,15H,1H3,(H,18,20,23)(H2,19,21,24). The van der Waals surface area contributed by atoms with Gasteiger partial charge in [0.25, 0.3) is 11.6 Å². The minimum absolute atomic E-state index is 0.127. The molecule has 3 rings (SSSR count). The van der Waals surface area contributed by atoms with Gasteiger partial charge in [0.1, 0.15) is 5.82 Å². The molecule has 2 heterocycles. The van der Waals surface area contributed by atoms with E-state index >= 15 is 0 Å². The van der Waals surface area contributed by atoms with E-state index in [2.05, 4.69) is 20.9 Å². The Morgan fingerprint density at radius 1 is 1.27 bits per heavy atom. The highest BCUT2D eigenvalue weighted by Crippen LogP contribution is 2.29. The lowest BCUT2D eigenvalue weighted by Gasteiger charge is -2.28. The van der Waals surface area contributed by atoms with Crippen LogP contribution in [0.15, 0.2) is 59.9 Å². The van der Waals surface area contributed by atoms with Gasteiger partial charge in [-0.1, -0.05) is 18.2 Å². The van der Waals surface area contributed by atoms with Gasteiger partial charge in [-0.2, -0.15) is 0 Å². The Balaban J connectivity index is 1.98. The fourth-order valence-corrected chi connectivity index (χ4v) is 2.68. The quantitative estimate of drug-likeness (QED) is 0.574. The number of benzene rings is 1. The summed E-state index contributed by atoms with van der Waals surface area (Å²) in [5, 5.41) is 18.9. The summed E-state index contributed by atoms with van der Waals surface area (Å²) in [6.45, 7) is 1.59. The molecule has 9 nitrogen and oxygen atoms in total. The predicted octanol–water partition coefficient (Wildman–Crippen LogP) is 2.26. The number of rotatable bonds is 4. The predicted molar refractivity (Wildman–Crippen MR) is 93.1 cm³/mol. The smallest absolute Gasteiger partial charge is 0.319 e. The average Bonchev–Trinajstić information content (AvgIpc) is 2.61. The second-order valence-corrected chi connectivity index (χ2v) is 5.59. The summed E-state index contributed by atoms with van der Waals surface area (Å²) in [7, 11) is 0. The van der Waals surface area contributed by atoms with Crippen LogP contribution in [0, 0.1) is 10.1 Å². The molecule has 3 amide bonds. The summed E-state index contributed by atoms with van der Waals surface area (Å²) in [5.41, 5.74) is 0.909. The Labute approximate surface area is 148 Å². The second kappa shape index (κ2) is 7.01. The summed E-state index contributed by atoms with van der Waals surface area (Å²) in [6.07, 6.45) is 1.54. The van der Waals surface area contributed by atoms with Crippen LogP contribution in [0.4, 0.5) is 16.3 Å². The van der Waals surface area contributed by atoms with Crippen molar-refractivity contribution in [1.82, 2.24) is 15.6 Å². The topological polar surface area (TPSA) is 126 Å². The van der Waals surface area contributed by atoms with Gasteiger partial charge >= 0.3 is 6.03 Å². The normalized spacial score (nSPS) is 16.5. The molecule has 1 aliphatic rings. The summed E-state index contributed by atoms with van der Waals surface area (Å²) in [4.78, 5) is 39.2. The lowest BCUT2D eigenvalue weighted by atomic mass is 9.94. The number of hydrogen-bond donors (Lipinski definition) is 3. The highest BCUT2D eigenvalue weighted by atomic mass is 16.6. The van der Waals surface area contributed by atoms with Crippen LogP contribution in [0.25, 0.3) is 0 Å². The van der Waals surface area contributed by atoms with Gasteiger partial charge in [0.05, 0.1) is 16.5 Å². The largest absolute Gasteiger partial charge is 0.327 e. The number of nitrogens with zero attached hydrogens (tertiary/aromatic N) is 2. The maximum Gasteiger partial charge on any atom is 0.319 e. The highest BCUT2D eigenvalue weighted by Gasteiger charge is 2.32. The van der Waals surface area contributed by atoms with E-state index in [1.165, 1.54) is 24.4 Å². The van der Waals surface area contributed by atoms with Crippen molar-refractivity contribution in [3.63, 3.8) is 0 Å². The van der Waals surface area contributed by atoms with Crippen molar-refractivity contribution in [2.75, 3.05) is 5.32 Å². The van der Waals surface area contributed by atoms with Crippen LogP contribution in [0.5, 0.6) is 0 Å². The van der Waals surface area contributed by atoms with E-state index < -0.39 is 22.9 Å². The van der Waals surface area contributed by atoms with Crippen LogP contribution in [-0.4, -0.2) is 21.8 Å². The number of pyridine rings is 1. The summed E-state index contributed by atoms with van der Waals surface area (Å²) >= 11 is 0. The van der Waals surface area contributed by atoms with Crippen molar-refractivity contribution in [3.8, 4) is 0 Å². The summed E-state index contributed by atoms with van der Waals surface area (Å²) in [5.74, 6) is -0.113.